The summed E-state index contributed by atoms with van der Waals surface area (Å²) >= 11 is 6.36. The second-order valence-corrected chi connectivity index (χ2v) is 8.74. The zero-order valence-electron chi connectivity index (χ0n) is 18.9. The first-order valence-corrected chi connectivity index (χ1v) is 11.7. The topological polar surface area (TPSA) is 88.4 Å². The Morgan fingerprint density at radius 3 is 2.53 bits per heavy atom. The van der Waals surface area contributed by atoms with E-state index >= 15 is 0 Å². The van der Waals surface area contributed by atoms with E-state index in [1.54, 1.807) is 24.3 Å². The summed E-state index contributed by atoms with van der Waals surface area (Å²) < 4.78 is 11.0. The van der Waals surface area contributed by atoms with E-state index in [1.807, 2.05) is 18.2 Å². The van der Waals surface area contributed by atoms with Gasteiger partial charge < -0.3 is 14.6 Å². The first-order valence-electron chi connectivity index (χ1n) is 11.3. The molecule has 1 aliphatic carbocycles. The Balaban J connectivity index is 1.40. The quantitative estimate of drug-likeness (QED) is 0.400. The van der Waals surface area contributed by atoms with Gasteiger partial charge in [0.2, 0.25) is 5.91 Å². The van der Waals surface area contributed by atoms with Crippen LogP contribution in [0.3, 0.4) is 0 Å². The molecule has 1 N–H and O–H groups in total. The number of carboxylic acids is 1. The summed E-state index contributed by atoms with van der Waals surface area (Å²) in [5.41, 5.74) is 2.01. The van der Waals surface area contributed by atoms with Crippen LogP contribution in [0.15, 0.2) is 59.7 Å². The fourth-order valence-electron chi connectivity index (χ4n) is 4.34. The molecule has 0 aromatic heterocycles. The number of hydrazone groups is 1. The van der Waals surface area contributed by atoms with E-state index in [1.165, 1.54) is 12.1 Å². The summed E-state index contributed by atoms with van der Waals surface area (Å²) in [5.74, 6) is 0.228. The summed E-state index contributed by atoms with van der Waals surface area (Å²) in [7, 11) is 1.58. The van der Waals surface area contributed by atoms with Crippen LogP contribution in [-0.2, 0) is 4.79 Å². The number of amides is 1. The average Bonchev–Trinajstić information content (AvgIpc) is 2.85. The van der Waals surface area contributed by atoms with Crippen LogP contribution in [-0.4, -0.2) is 48.0 Å². The number of nitrogens with zero attached hydrogens (tertiary/aromatic N) is 2. The van der Waals surface area contributed by atoms with Crippen molar-refractivity contribution in [1.82, 2.24) is 5.01 Å². The fraction of sp³-hybridized carbons (Fsp3) is 0.346. The summed E-state index contributed by atoms with van der Waals surface area (Å²) in [6.07, 6.45) is 7.14. The summed E-state index contributed by atoms with van der Waals surface area (Å²) in [6.45, 7) is 0.967. The van der Waals surface area contributed by atoms with Crippen LogP contribution in [0, 0.1) is 11.8 Å². The Morgan fingerprint density at radius 1 is 1.12 bits per heavy atom. The molecule has 178 valence electrons. The minimum absolute atomic E-state index is 0.0373. The van der Waals surface area contributed by atoms with E-state index in [4.69, 9.17) is 31.3 Å². The lowest BCUT2D eigenvalue weighted by molar-refractivity contribution is -0.138. The molecule has 34 heavy (non-hydrogen) atoms. The van der Waals surface area contributed by atoms with Crippen molar-refractivity contribution in [3.8, 4) is 11.5 Å². The molecule has 0 bridgehead atoms. The van der Waals surface area contributed by atoms with Gasteiger partial charge in [-0.2, -0.15) is 5.10 Å². The molecule has 1 aliphatic heterocycles. The predicted octanol–water partition coefficient (Wildman–Crippen LogP) is 5.03. The zero-order valence-corrected chi connectivity index (χ0v) is 19.7. The summed E-state index contributed by atoms with van der Waals surface area (Å²) in [6, 6.07) is 11.9. The Bertz CT molecular complexity index is 1110. The Morgan fingerprint density at radius 2 is 1.85 bits per heavy atom. The van der Waals surface area contributed by atoms with Crippen LogP contribution in [0.5, 0.6) is 11.5 Å². The number of methoxy groups -OCH3 is 1. The number of carbonyl (C=O) groups excluding carboxylic acids is 1. The van der Waals surface area contributed by atoms with Gasteiger partial charge in [0.1, 0.15) is 11.5 Å². The standard InChI is InChI=1S/C26H27ClN2O5/c1-33-23-13-10-18(16-22(23)27)24-20-6-2-3-7-21(20)25(30)29(28-24)14-4-5-15-34-19-11-8-17(9-12-19)26(31)32/h2-3,8-13,16,20-21H,4-7,14-15H2,1H3,(H,31,32)/t20-,21+/m1/s1. The lowest BCUT2D eigenvalue weighted by Crippen LogP contribution is -2.45. The van der Waals surface area contributed by atoms with E-state index in [0.29, 0.717) is 36.1 Å². The number of halogens is 1. The van der Waals surface area contributed by atoms with Gasteiger partial charge in [-0.05, 0) is 73.7 Å². The summed E-state index contributed by atoms with van der Waals surface area (Å²) in [4.78, 5) is 24.1. The molecule has 1 amide bonds. The van der Waals surface area contributed by atoms with Crippen molar-refractivity contribution < 1.29 is 24.2 Å². The van der Waals surface area contributed by atoms with E-state index < -0.39 is 5.97 Å². The lowest BCUT2D eigenvalue weighted by atomic mass is 9.76. The van der Waals surface area contributed by atoms with Gasteiger partial charge in [-0.3, -0.25) is 4.79 Å². The second-order valence-electron chi connectivity index (χ2n) is 8.34. The largest absolute Gasteiger partial charge is 0.495 e. The number of hydrogen-bond donors (Lipinski definition) is 1. The van der Waals surface area contributed by atoms with Crippen molar-refractivity contribution in [2.24, 2.45) is 16.9 Å². The van der Waals surface area contributed by atoms with Gasteiger partial charge in [0.25, 0.3) is 0 Å². The van der Waals surface area contributed by atoms with Crippen LogP contribution in [0.2, 0.25) is 5.02 Å². The number of carboxylic acid groups (broad SMARTS) is 1. The molecule has 2 aromatic carbocycles. The number of fused-ring (bicyclic) bond motifs is 1. The molecule has 1 heterocycles. The Labute approximate surface area is 203 Å². The molecule has 2 aliphatic rings. The number of carbonyl (C=O) groups is 2. The molecular formula is C26H27ClN2O5. The molecule has 0 radical (unpaired) electrons. The minimum Gasteiger partial charge on any atom is -0.495 e. The third kappa shape index (κ3) is 5.25. The molecule has 4 rings (SSSR count). The second kappa shape index (κ2) is 10.7. The van der Waals surface area contributed by atoms with Crippen LogP contribution >= 0.6 is 11.6 Å². The smallest absolute Gasteiger partial charge is 0.335 e. The van der Waals surface area contributed by atoms with Crippen molar-refractivity contribution in [1.29, 1.82) is 0 Å². The Kier molecular flexibility index (Phi) is 7.53. The predicted molar refractivity (Wildman–Crippen MR) is 130 cm³/mol. The van der Waals surface area contributed by atoms with Crippen molar-refractivity contribution in [2.75, 3.05) is 20.3 Å². The van der Waals surface area contributed by atoms with Gasteiger partial charge in [0.05, 0.1) is 35.9 Å². The van der Waals surface area contributed by atoms with Crippen LogP contribution < -0.4 is 9.47 Å². The first kappa shape index (κ1) is 23.8. The highest BCUT2D eigenvalue weighted by molar-refractivity contribution is 6.32. The highest BCUT2D eigenvalue weighted by Crippen LogP contribution is 2.36. The number of rotatable bonds is 9. The van der Waals surface area contributed by atoms with Crippen molar-refractivity contribution in [3.05, 3.63) is 70.8 Å². The van der Waals surface area contributed by atoms with Gasteiger partial charge in [-0.15, -0.1) is 0 Å². The van der Waals surface area contributed by atoms with Crippen molar-refractivity contribution in [2.45, 2.75) is 25.7 Å². The molecule has 2 aromatic rings. The molecule has 2 atom stereocenters. The molecule has 0 saturated carbocycles. The van der Waals surface area contributed by atoms with Gasteiger partial charge in [-0.25, -0.2) is 9.80 Å². The number of hydrogen-bond acceptors (Lipinski definition) is 5. The van der Waals surface area contributed by atoms with Gasteiger partial charge in [0.15, 0.2) is 0 Å². The Hall–Kier alpha value is -3.32. The van der Waals surface area contributed by atoms with Gasteiger partial charge >= 0.3 is 5.97 Å². The van der Waals surface area contributed by atoms with Crippen molar-refractivity contribution >= 4 is 29.2 Å². The molecule has 0 unspecified atom stereocenters. The molecule has 8 heteroatoms. The lowest BCUT2D eigenvalue weighted by Gasteiger charge is -2.37. The molecule has 0 fully saturated rings. The van der Waals surface area contributed by atoms with Gasteiger partial charge in [0, 0.05) is 12.5 Å². The maximum Gasteiger partial charge on any atom is 0.335 e. The summed E-state index contributed by atoms with van der Waals surface area (Å²) in [5, 5.41) is 15.8. The molecular weight excluding hydrogens is 456 g/mol. The van der Waals surface area contributed by atoms with E-state index in [-0.39, 0.29) is 23.3 Å². The van der Waals surface area contributed by atoms with E-state index in [9.17, 15) is 9.59 Å². The first-order chi connectivity index (χ1) is 16.5. The fourth-order valence-corrected chi connectivity index (χ4v) is 4.60. The maximum atomic E-state index is 13.1. The molecule has 7 nitrogen and oxygen atoms in total. The number of allylic oxidation sites excluding steroid dienone is 2. The maximum absolute atomic E-state index is 13.1. The van der Waals surface area contributed by atoms with Crippen molar-refractivity contribution in [3.63, 3.8) is 0 Å². The minimum atomic E-state index is -0.967. The SMILES string of the molecule is COc1ccc(C2=NN(CCCCOc3ccc(C(=O)O)cc3)C(=O)[C@H]3CC=CC[C@@H]23)cc1Cl. The van der Waals surface area contributed by atoms with Crippen LogP contribution in [0.25, 0.3) is 0 Å². The van der Waals surface area contributed by atoms with Crippen LogP contribution in [0.4, 0.5) is 0 Å². The number of ether oxygens (including phenoxy) is 2. The highest BCUT2D eigenvalue weighted by Gasteiger charge is 2.39. The number of benzene rings is 2. The highest BCUT2D eigenvalue weighted by atomic mass is 35.5. The average molecular weight is 483 g/mol. The van der Waals surface area contributed by atoms with Gasteiger partial charge in [-0.1, -0.05) is 23.8 Å². The molecule has 0 spiro atoms. The van der Waals surface area contributed by atoms with E-state index in [2.05, 4.69) is 12.2 Å². The number of unbranched alkanes of at least 4 members (excludes halogenated alkanes) is 1. The van der Waals surface area contributed by atoms with Crippen LogP contribution in [0.1, 0.15) is 41.6 Å². The molecule has 0 saturated heterocycles. The normalized spacial score (nSPS) is 19.4. The number of aromatic carboxylic acids is 1. The third-order valence-electron chi connectivity index (χ3n) is 6.17. The monoisotopic (exact) mass is 482 g/mol. The van der Waals surface area contributed by atoms with E-state index in [0.717, 1.165) is 30.5 Å². The third-order valence-corrected chi connectivity index (χ3v) is 6.46. The zero-order chi connectivity index (χ0) is 24.1.